The summed E-state index contributed by atoms with van der Waals surface area (Å²) in [6.07, 6.45) is 4.52. The number of hydrogen-bond acceptors (Lipinski definition) is 2. The van der Waals surface area contributed by atoms with E-state index in [-0.39, 0.29) is 6.03 Å². The fourth-order valence-electron chi connectivity index (χ4n) is 2.75. The molecule has 0 aromatic heterocycles. The molecule has 1 aliphatic rings. The van der Waals surface area contributed by atoms with E-state index in [2.05, 4.69) is 10.6 Å². The topological polar surface area (TPSA) is 44.4 Å². The van der Waals surface area contributed by atoms with Gasteiger partial charge in [0.2, 0.25) is 0 Å². The van der Waals surface area contributed by atoms with Crippen LogP contribution in [0.5, 0.6) is 0 Å². The maximum atomic E-state index is 12.3. The Bertz CT molecular complexity index is 407. The average Bonchev–Trinajstić information content (AvgIpc) is 2.52. The Labute approximate surface area is 121 Å². The summed E-state index contributed by atoms with van der Waals surface area (Å²) in [4.78, 5) is 14.4. The van der Waals surface area contributed by atoms with Crippen molar-refractivity contribution in [1.29, 1.82) is 0 Å². The lowest BCUT2D eigenvalue weighted by Gasteiger charge is -2.35. The van der Waals surface area contributed by atoms with Crippen molar-refractivity contribution in [3.05, 3.63) is 35.9 Å². The van der Waals surface area contributed by atoms with Crippen LogP contribution in [-0.4, -0.2) is 37.1 Å². The second-order valence-electron chi connectivity index (χ2n) is 5.38. The molecule has 1 aliphatic heterocycles. The molecule has 1 unspecified atom stereocenters. The molecule has 1 heterocycles. The standard InChI is InChI=1S/C16H25N3O/c1-17-11-10-15-9-5-6-12-19(15)16(20)18-13-14-7-3-2-4-8-14/h2-4,7-8,15,17H,5-6,9-13H2,1H3,(H,18,20). The van der Waals surface area contributed by atoms with Gasteiger partial charge >= 0.3 is 6.03 Å². The molecule has 2 rings (SSSR count). The fourth-order valence-corrected chi connectivity index (χ4v) is 2.75. The molecular formula is C16H25N3O. The number of carbonyl (C=O) groups is 1. The minimum Gasteiger partial charge on any atom is -0.334 e. The molecule has 1 aromatic rings. The van der Waals surface area contributed by atoms with Crippen molar-refractivity contribution in [3.63, 3.8) is 0 Å². The van der Waals surface area contributed by atoms with Crippen LogP contribution in [0.15, 0.2) is 30.3 Å². The van der Waals surface area contributed by atoms with E-state index in [9.17, 15) is 4.79 Å². The SMILES string of the molecule is CNCCC1CCCCN1C(=O)NCc1ccccc1. The van der Waals surface area contributed by atoms with Crippen LogP contribution in [0.25, 0.3) is 0 Å². The summed E-state index contributed by atoms with van der Waals surface area (Å²) in [6.45, 7) is 2.46. The molecule has 1 fully saturated rings. The number of amides is 2. The molecule has 0 saturated carbocycles. The molecule has 110 valence electrons. The average molecular weight is 275 g/mol. The highest BCUT2D eigenvalue weighted by Crippen LogP contribution is 2.19. The van der Waals surface area contributed by atoms with Crippen LogP contribution in [0.3, 0.4) is 0 Å². The highest BCUT2D eigenvalue weighted by atomic mass is 16.2. The number of benzene rings is 1. The molecule has 0 radical (unpaired) electrons. The van der Waals surface area contributed by atoms with Gasteiger partial charge in [-0.3, -0.25) is 0 Å². The van der Waals surface area contributed by atoms with Gasteiger partial charge in [-0.25, -0.2) is 4.79 Å². The quantitative estimate of drug-likeness (QED) is 0.866. The lowest BCUT2D eigenvalue weighted by Crippen LogP contribution is -2.49. The van der Waals surface area contributed by atoms with E-state index in [1.54, 1.807) is 0 Å². The number of hydrogen-bond donors (Lipinski definition) is 2. The minimum absolute atomic E-state index is 0.0784. The third-order valence-electron chi connectivity index (χ3n) is 3.90. The van der Waals surface area contributed by atoms with Crippen LogP contribution in [0.4, 0.5) is 4.79 Å². The van der Waals surface area contributed by atoms with E-state index in [0.29, 0.717) is 12.6 Å². The minimum atomic E-state index is 0.0784. The van der Waals surface area contributed by atoms with Gasteiger partial charge in [-0.15, -0.1) is 0 Å². The first-order chi connectivity index (χ1) is 9.81. The Morgan fingerprint density at radius 1 is 1.30 bits per heavy atom. The van der Waals surface area contributed by atoms with E-state index in [4.69, 9.17) is 0 Å². The number of rotatable bonds is 5. The highest BCUT2D eigenvalue weighted by molar-refractivity contribution is 5.74. The maximum absolute atomic E-state index is 12.3. The van der Waals surface area contributed by atoms with Crippen molar-refractivity contribution in [2.75, 3.05) is 20.1 Å². The monoisotopic (exact) mass is 275 g/mol. The van der Waals surface area contributed by atoms with Gasteiger partial charge < -0.3 is 15.5 Å². The number of nitrogens with zero attached hydrogens (tertiary/aromatic N) is 1. The molecule has 4 heteroatoms. The van der Waals surface area contributed by atoms with E-state index in [1.807, 2.05) is 42.3 Å². The zero-order valence-electron chi connectivity index (χ0n) is 12.3. The zero-order chi connectivity index (χ0) is 14.2. The second kappa shape index (κ2) is 7.90. The van der Waals surface area contributed by atoms with Gasteiger partial charge in [-0.05, 0) is 44.8 Å². The van der Waals surface area contributed by atoms with E-state index in [0.717, 1.165) is 37.9 Å². The molecule has 0 bridgehead atoms. The first-order valence-corrected chi connectivity index (χ1v) is 7.54. The largest absolute Gasteiger partial charge is 0.334 e. The maximum Gasteiger partial charge on any atom is 0.317 e. The Morgan fingerprint density at radius 2 is 2.10 bits per heavy atom. The fraction of sp³-hybridized carbons (Fsp3) is 0.562. The predicted octanol–water partition coefficient (Wildman–Crippen LogP) is 2.36. The lowest BCUT2D eigenvalue weighted by atomic mass is 10.00. The summed E-state index contributed by atoms with van der Waals surface area (Å²) >= 11 is 0. The molecule has 0 aliphatic carbocycles. The van der Waals surface area contributed by atoms with Crippen LogP contribution in [0, 0.1) is 0 Å². The van der Waals surface area contributed by atoms with Crippen molar-refractivity contribution in [1.82, 2.24) is 15.5 Å². The van der Waals surface area contributed by atoms with Gasteiger partial charge in [0.05, 0.1) is 0 Å². The summed E-state index contributed by atoms with van der Waals surface area (Å²) in [7, 11) is 1.96. The third-order valence-corrected chi connectivity index (χ3v) is 3.90. The second-order valence-corrected chi connectivity index (χ2v) is 5.38. The van der Waals surface area contributed by atoms with Crippen molar-refractivity contribution in [2.45, 2.75) is 38.3 Å². The Balaban J connectivity index is 1.85. The number of urea groups is 1. The summed E-state index contributed by atoms with van der Waals surface area (Å²) in [5.41, 5.74) is 1.14. The lowest BCUT2D eigenvalue weighted by molar-refractivity contribution is 0.146. The molecule has 1 aromatic carbocycles. The van der Waals surface area contributed by atoms with E-state index in [1.165, 1.54) is 6.42 Å². The number of likely N-dealkylation sites (tertiary alicyclic amines) is 1. The number of carbonyl (C=O) groups excluding carboxylic acids is 1. The summed E-state index contributed by atoms with van der Waals surface area (Å²) in [6, 6.07) is 10.5. The van der Waals surface area contributed by atoms with Gasteiger partial charge in [-0.2, -0.15) is 0 Å². The molecular weight excluding hydrogens is 250 g/mol. The Hall–Kier alpha value is -1.55. The van der Waals surface area contributed by atoms with Gasteiger partial charge in [0.15, 0.2) is 0 Å². The highest BCUT2D eigenvalue weighted by Gasteiger charge is 2.25. The molecule has 0 spiro atoms. The van der Waals surface area contributed by atoms with Crippen LogP contribution in [0.1, 0.15) is 31.2 Å². The summed E-state index contributed by atoms with van der Waals surface area (Å²) < 4.78 is 0. The zero-order valence-corrected chi connectivity index (χ0v) is 12.3. The molecule has 2 amide bonds. The Kier molecular flexibility index (Phi) is 5.87. The predicted molar refractivity (Wildman–Crippen MR) is 81.6 cm³/mol. The van der Waals surface area contributed by atoms with Crippen molar-refractivity contribution in [2.24, 2.45) is 0 Å². The van der Waals surface area contributed by atoms with Gasteiger partial charge in [0.25, 0.3) is 0 Å². The first-order valence-electron chi connectivity index (χ1n) is 7.54. The van der Waals surface area contributed by atoms with Gasteiger partial charge in [-0.1, -0.05) is 30.3 Å². The van der Waals surface area contributed by atoms with Crippen LogP contribution in [-0.2, 0) is 6.54 Å². The van der Waals surface area contributed by atoms with Crippen molar-refractivity contribution in [3.8, 4) is 0 Å². The smallest absolute Gasteiger partial charge is 0.317 e. The molecule has 20 heavy (non-hydrogen) atoms. The molecule has 1 saturated heterocycles. The van der Waals surface area contributed by atoms with Crippen LogP contribution in [0.2, 0.25) is 0 Å². The summed E-state index contributed by atoms with van der Waals surface area (Å²) in [5, 5.41) is 6.22. The first kappa shape index (κ1) is 14.9. The van der Waals surface area contributed by atoms with Crippen LogP contribution >= 0.6 is 0 Å². The summed E-state index contributed by atoms with van der Waals surface area (Å²) in [5.74, 6) is 0. The van der Waals surface area contributed by atoms with Crippen LogP contribution < -0.4 is 10.6 Å². The number of nitrogens with one attached hydrogen (secondary N) is 2. The molecule has 1 atom stereocenters. The molecule has 4 nitrogen and oxygen atoms in total. The number of piperidine rings is 1. The van der Waals surface area contributed by atoms with E-state index >= 15 is 0 Å². The normalized spacial score (nSPS) is 18.9. The van der Waals surface area contributed by atoms with Gasteiger partial charge in [0, 0.05) is 19.1 Å². The van der Waals surface area contributed by atoms with Gasteiger partial charge in [0.1, 0.15) is 0 Å². The van der Waals surface area contributed by atoms with E-state index < -0.39 is 0 Å². The Morgan fingerprint density at radius 3 is 2.85 bits per heavy atom. The van der Waals surface area contributed by atoms with Crippen molar-refractivity contribution < 1.29 is 4.79 Å². The van der Waals surface area contributed by atoms with Crippen molar-refractivity contribution >= 4 is 6.03 Å². The third kappa shape index (κ3) is 4.23. The molecule has 2 N–H and O–H groups in total.